The number of alkyl halides is 3. The number of aromatic nitrogens is 4. The number of hydrogen-bond donors (Lipinski definition) is 1. The first kappa shape index (κ1) is 30.7. The van der Waals surface area contributed by atoms with Crippen LogP contribution in [0.15, 0.2) is 66.9 Å². The number of nitrogens with zero attached hydrogens (tertiary/aromatic N) is 4. The van der Waals surface area contributed by atoms with Crippen LogP contribution in [0.2, 0.25) is 0 Å². The Kier molecular flexibility index (Phi) is 7.21. The molecule has 0 amide bonds. The zero-order valence-corrected chi connectivity index (χ0v) is 26.4. The summed E-state index contributed by atoms with van der Waals surface area (Å²) in [6, 6.07) is 15.9. The first-order valence-corrected chi connectivity index (χ1v) is 17.6. The third-order valence-corrected chi connectivity index (χ3v) is 12.0. The molecule has 7 rings (SSSR count). The van der Waals surface area contributed by atoms with Crippen molar-refractivity contribution in [2.24, 2.45) is 7.05 Å². The van der Waals surface area contributed by atoms with E-state index >= 15 is 0 Å². The predicted molar refractivity (Wildman–Crippen MR) is 168 cm³/mol. The average molecular weight is 653 g/mol. The molecule has 2 aromatic heterocycles. The van der Waals surface area contributed by atoms with E-state index in [1.807, 2.05) is 33.6 Å². The van der Waals surface area contributed by atoms with E-state index in [0.717, 1.165) is 35.0 Å². The van der Waals surface area contributed by atoms with Gasteiger partial charge < -0.3 is 19.0 Å². The van der Waals surface area contributed by atoms with Gasteiger partial charge in [0.05, 0.1) is 28.4 Å². The molecule has 46 heavy (non-hydrogen) atoms. The third-order valence-electron chi connectivity index (χ3n) is 9.41. The van der Waals surface area contributed by atoms with E-state index in [9.17, 15) is 27.2 Å². The van der Waals surface area contributed by atoms with Crippen molar-refractivity contribution in [1.82, 2.24) is 19.3 Å². The Labute approximate surface area is 263 Å². The summed E-state index contributed by atoms with van der Waals surface area (Å²) >= 11 is 0. The normalized spacial score (nSPS) is 21.3. The average Bonchev–Trinajstić information content (AvgIpc) is 3.63. The molecule has 3 aromatic carbocycles. The first-order chi connectivity index (χ1) is 21.8. The molecule has 1 unspecified atom stereocenters. The predicted octanol–water partition coefficient (Wildman–Crippen LogP) is 7.88. The molecule has 240 valence electrons. The number of ether oxygens (including phenoxy) is 1. The molecule has 0 bridgehead atoms. The molecular formula is C34H33F4N4O3P. The van der Waals surface area contributed by atoms with Crippen molar-refractivity contribution >= 4 is 23.3 Å². The highest BCUT2D eigenvalue weighted by Crippen LogP contribution is 2.50. The Morgan fingerprint density at radius 3 is 2.43 bits per heavy atom. The maximum absolute atomic E-state index is 13.6. The van der Waals surface area contributed by atoms with Crippen LogP contribution >= 0.6 is 7.14 Å². The Morgan fingerprint density at radius 1 is 1.07 bits per heavy atom. The van der Waals surface area contributed by atoms with Gasteiger partial charge in [0.1, 0.15) is 24.5 Å². The smallest absolute Gasteiger partial charge is 0.405 e. The van der Waals surface area contributed by atoms with E-state index in [1.54, 1.807) is 38.8 Å². The van der Waals surface area contributed by atoms with Gasteiger partial charge in [-0.3, -0.25) is 4.68 Å². The number of hydrogen-bond acceptors (Lipinski definition) is 5. The van der Waals surface area contributed by atoms with Crippen molar-refractivity contribution in [3.05, 3.63) is 83.9 Å². The first-order valence-electron chi connectivity index (χ1n) is 15.3. The van der Waals surface area contributed by atoms with E-state index in [-0.39, 0.29) is 23.3 Å². The Balaban J connectivity index is 1.29. The van der Waals surface area contributed by atoms with E-state index in [1.165, 1.54) is 24.3 Å². The van der Waals surface area contributed by atoms with Crippen LogP contribution in [0.5, 0.6) is 5.75 Å². The van der Waals surface area contributed by atoms with Crippen LogP contribution in [0, 0.1) is 5.82 Å². The molecule has 12 heteroatoms. The van der Waals surface area contributed by atoms with Crippen molar-refractivity contribution < 1.29 is 32.0 Å². The van der Waals surface area contributed by atoms with Crippen molar-refractivity contribution in [2.75, 3.05) is 12.8 Å². The molecule has 0 radical (unpaired) electrons. The summed E-state index contributed by atoms with van der Waals surface area (Å²) in [5.41, 5.74) is 2.87. The van der Waals surface area contributed by atoms with Gasteiger partial charge in [-0.1, -0.05) is 37.3 Å². The summed E-state index contributed by atoms with van der Waals surface area (Å²) in [7, 11) is -1.07. The number of rotatable bonds is 8. The van der Waals surface area contributed by atoms with Gasteiger partial charge in [-0.05, 0) is 55.4 Å². The van der Waals surface area contributed by atoms with Gasteiger partial charge in [0.2, 0.25) is 0 Å². The number of aliphatic hydroxyl groups is 1. The second-order valence-electron chi connectivity index (χ2n) is 12.6. The highest BCUT2D eigenvalue weighted by Gasteiger charge is 2.45. The van der Waals surface area contributed by atoms with Crippen LogP contribution in [-0.2, 0) is 17.2 Å². The summed E-state index contributed by atoms with van der Waals surface area (Å²) in [6.07, 6.45) is 0.00123. The molecule has 5 aromatic rings. The fraction of sp³-hybridized carbons (Fsp3) is 0.353. The Morgan fingerprint density at radius 2 is 1.78 bits per heavy atom. The summed E-state index contributed by atoms with van der Waals surface area (Å²) in [5, 5.41) is 17.1. The Hall–Kier alpha value is -3.95. The maximum atomic E-state index is 13.6. The molecule has 0 spiro atoms. The Bertz CT molecular complexity index is 2010. The van der Waals surface area contributed by atoms with Crippen molar-refractivity contribution in [3.63, 3.8) is 0 Å². The summed E-state index contributed by atoms with van der Waals surface area (Å²) in [4.78, 5) is 4.96. The van der Waals surface area contributed by atoms with E-state index in [0.29, 0.717) is 41.4 Å². The number of fused-ring (bicyclic) bond motifs is 1. The highest BCUT2D eigenvalue weighted by molar-refractivity contribution is 7.70. The molecule has 0 aliphatic heterocycles. The van der Waals surface area contributed by atoms with Crippen molar-refractivity contribution in [2.45, 2.75) is 56.5 Å². The lowest BCUT2D eigenvalue weighted by Gasteiger charge is -2.44. The van der Waals surface area contributed by atoms with Crippen LogP contribution in [0.25, 0.3) is 33.5 Å². The second-order valence-corrected chi connectivity index (χ2v) is 15.9. The maximum Gasteiger partial charge on any atom is 0.573 e. The van der Waals surface area contributed by atoms with Crippen molar-refractivity contribution in [3.8, 4) is 28.4 Å². The zero-order valence-electron chi connectivity index (χ0n) is 25.6. The third kappa shape index (κ3) is 5.43. The minimum absolute atomic E-state index is 0.0734. The standard InChI is InChI=1S/C34H33F4N4O3P/c1-4-46(3,44)24-14-15-26(29(16-24)45-34(36,37)38)32-39-30(31(41(32)2)20-8-9-20)25-6-5-7-28-27(25)19-42(40-28)23-17-33(43,18-23)21-10-12-22(35)13-11-21/h5-7,10-16,19-20,23,43H,4,8-9,17-18H2,1-3H3. The van der Waals surface area contributed by atoms with Crippen LogP contribution in [-0.4, -0.2) is 43.6 Å². The van der Waals surface area contributed by atoms with Gasteiger partial charge in [-0.25, -0.2) is 9.37 Å². The SMILES string of the molecule is CCP(C)(=O)c1ccc(-c2nc(-c3cccc4nn(C5CC(O)(c6ccc(F)cc6)C5)cc34)c(C3CC3)n2C)c(OC(F)(F)F)c1. The van der Waals surface area contributed by atoms with Gasteiger partial charge in [-0.15, -0.1) is 13.2 Å². The largest absolute Gasteiger partial charge is 0.573 e. The second kappa shape index (κ2) is 10.8. The summed E-state index contributed by atoms with van der Waals surface area (Å²) in [6.45, 7) is 3.29. The van der Waals surface area contributed by atoms with Gasteiger partial charge >= 0.3 is 6.36 Å². The number of halogens is 4. The van der Waals surface area contributed by atoms with Gasteiger partial charge in [0, 0.05) is 60.1 Å². The molecule has 2 heterocycles. The van der Waals surface area contributed by atoms with Crippen LogP contribution in [0.3, 0.4) is 0 Å². The highest BCUT2D eigenvalue weighted by atomic mass is 31.2. The van der Waals surface area contributed by atoms with E-state index < -0.39 is 24.9 Å². The number of imidazole rings is 1. The van der Waals surface area contributed by atoms with E-state index in [4.69, 9.17) is 10.1 Å². The molecule has 2 aliphatic rings. The minimum atomic E-state index is -4.95. The monoisotopic (exact) mass is 652 g/mol. The quantitative estimate of drug-likeness (QED) is 0.136. The fourth-order valence-electron chi connectivity index (χ4n) is 6.51. The molecule has 2 aliphatic carbocycles. The number of benzene rings is 3. The molecule has 7 nitrogen and oxygen atoms in total. The molecule has 0 saturated heterocycles. The lowest BCUT2D eigenvalue weighted by atomic mass is 9.71. The fourth-order valence-corrected chi connectivity index (χ4v) is 7.66. The van der Waals surface area contributed by atoms with Crippen LogP contribution in [0.1, 0.15) is 55.8 Å². The molecular weight excluding hydrogens is 619 g/mol. The van der Waals surface area contributed by atoms with Crippen LogP contribution < -0.4 is 10.0 Å². The molecule has 1 atom stereocenters. The molecule has 1 N–H and O–H groups in total. The minimum Gasteiger partial charge on any atom is -0.405 e. The topological polar surface area (TPSA) is 82.2 Å². The lowest BCUT2D eigenvalue weighted by molar-refractivity contribution is -0.274. The van der Waals surface area contributed by atoms with E-state index in [2.05, 4.69) is 4.74 Å². The van der Waals surface area contributed by atoms with Gasteiger partial charge in [0.25, 0.3) is 0 Å². The lowest BCUT2D eigenvalue weighted by Crippen LogP contribution is -2.42. The van der Waals surface area contributed by atoms with Crippen LogP contribution in [0.4, 0.5) is 17.6 Å². The van der Waals surface area contributed by atoms with Gasteiger partial charge in [-0.2, -0.15) is 5.10 Å². The molecule has 2 fully saturated rings. The molecule has 2 saturated carbocycles. The van der Waals surface area contributed by atoms with Gasteiger partial charge in [0.15, 0.2) is 0 Å². The summed E-state index contributed by atoms with van der Waals surface area (Å²) in [5.74, 6) is -0.280. The van der Waals surface area contributed by atoms with Crippen molar-refractivity contribution in [1.29, 1.82) is 0 Å². The summed E-state index contributed by atoms with van der Waals surface area (Å²) < 4.78 is 75.5. The zero-order chi connectivity index (χ0) is 32.6.